The van der Waals surface area contributed by atoms with Crippen LogP contribution in [0, 0.1) is 17.8 Å². The van der Waals surface area contributed by atoms with Crippen LogP contribution in [0.5, 0.6) is 0 Å². The molecule has 0 saturated heterocycles. The molecule has 0 radical (unpaired) electrons. The van der Waals surface area contributed by atoms with Gasteiger partial charge in [-0.15, -0.1) is 0 Å². The van der Waals surface area contributed by atoms with E-state index in [0.717, 1.165) is 11.8 Å². The van der Waals surface area contributed by atoms with Gasteiger partial charge in [-0.2, -0.15) is 0 Å². The minimum atomic E-state index is -0.821. The maximum Gasteiger partial charge on any atom is 0.260 e. The van der Waals surface area contributed by atoms with Gasteiger partial charge in [-0.05, 0) is 57.8 Å². The van der Waals surface area contributed by atoms with Crippen LogP contribution in [-0.2, 0) is 14.4 Å². The second-order valence-electron chi connectivity index (χ2n) is 7.75. The van der Waals surface area contributed by atoms with E-state index >= 15 is 0 Å². The highest BCUT2D eigenvalue weighted by Crippen LogP contribution is 2.49. The van der Waals surface area contributed by atoms with Crippen molar-refractivity contribution >= 4 is 17.6 Å². The number of amidine groups is 1. The first-order valence-electron chi connectivity index (χ1n) is 8.73. The first-order chi connectivity index (χ1) is 11.2. The van der Waals surface area contributed by atoms with Crippen molar-refractivity contribution in [1.29, 1.82) is 0 Å². The van der Waals surface area contributed by atoms with Crippen LogP contribution in [0.1, 0.15) is 53.4 Å². The number of hydrogen-bond donors (Lipinski definition) is 3. The van der Waals surface area contributed by atoms with E-state index in [-0.39, 0.29) is 30.3 Å². The molecule has 0 aromatic rings. The fourth-order valence-corrected chi connectivity index (χ4v) is 4.09. The Labute approximate surface area is 143 Å². The van der Waals surface area contributed by atoms with E-state index < -0.39 is 5.54 Å². The normalized spacial score (nSPS) is 27.7. The second-order valence-corrected chi connectivity index (χ2v) is 7.75. The molecule has 2 aliphatic rings. The van der Waals surface area contributed by atoms with Crippen LogP contribution in [0.25, 0.3) is 0 Å². The minimum Gasteiger partial charge on any atom is -0.384 e. The highest BCUT2D eigenvalue weighted by atomic mass is 16.6. The number of fused-ring (bicyclic) bond motifs is 2. The number of oxime groups is 1. The van der Waals surface area contributed by atoms with Gasteiger partial charge in [0.25, 0.3) is 5.91 Å². The van der Waals surface area contributed by atoms with E-state index in [2.05, 4.69) is 22.7 Å². The number of rotatable bonds is 7. The lowest BCUT2D eigenvalue weighted by Crippen LogP contribution is -2.52. The minimum absolute atomic E-state index is 0.117. The molecule has 0 aromatic heterocycles. The van der Waals surface area contributed by atoms with Gasteiger partial charge < -0.3 is 21.2 Å². The van der Waals surface area contributed by atoms with Gasteiger partial charge in [0.15, 0.2) is 12.4 Å². The van der Waals surface area contributed by atoms with Crippen molar-refractivity contribution in [2.24, 2.45) is 28.6 Å². The maximum absolute atomic E-state index is 12.0. The monoisotopic (exact) mass is 338 g/mol. The zero-order valence-corrected chi connectivity index (χ0v) is 15.1. The third kappa shape index (κ3) is 4.61. The number of carbonyl (C=O) groups is 2. The Balaban J connectivity index is 1.74. The summed E-state index contributed by atoms with van der Waals surface area (Å²) < 4.78 is 0. The fourth-order valence-electron chi connectivity index (χ4n) is 4.09. The first kappa shape index (κ1) is 18.5. The van der Waals surface area contributed by atoms with E-state index in [1.807, 2.05) is 0 Å². The van der Waals surface area contributed by atoms with Crippen molar-refractivity contribution in [2.45, 2.75) is 65.0 Å². The third-order valence-electron chi connectivity index (χ3n) is 5.31. The van der Waals surface area contributed by atoms with Crippen LogP contribution in [0.2, 0.25) is 0 Å². The van der Waals surface area contributed by atoms with E-state index in [1.54, 1.807) is 13.8 Å². The van der Waals surface area contributed by atoms with E-state index in [9.17, 15) is 9.59 Å². The standard InChI is InChI=1S/C17H30N4O3/c1-10(14-8-12-5-6-13(14)7-12)19-15(23)9-24-21-16(18)17(3,4)20-11(2)22/h10,12-14H,5-9H2,1-4H3,(H2,18,21)(H,19,23)(H,20,22)/t10-,12+,13+,14-/m1/s1. The number of hydrogen-bond acceptors (Lipinski definition) is 4. The molecule has 7 nitrogen and oxygen atoms in total. The molecule has 2 rings (SSSR count). The van der Waals surface area contributed by atoms with E-state index in [4.69, 9.17) is 10.6 Å². The van der Waals surface area contributed by atoms with Crippen LogP contribution in [0.3, 0.4) is 0 Å². The quantitative estimate of drug-likeness (QED) is 0.367. The number of nitrogens with one attached hydrogen (secondary N) is 2. The molecule has 0 heterocycles. The molecule has 2 amide bonds. The van der Waals surface area contributed by atoms with E-state index in [0.29, 0.717) is 5.92 Å². The van der Waals surface area contributed by atoms with Crippen molar-refractivity contribution in [3.63, 3.8) is 0 Å². The number of carbonyl (C=O) groups excluding carboxylic acids is 2. The topological polar surface area (TPSA) is 106 Å². The lowest BCUT2D eigenvalue weighted by Gasteiger charge is -2.28. The van der Waals surface area contributed by atoms with Gasteiger partial charge >= 0.3 is 0 Å². The summed E-state index contributed by atoms with van der Waals surface area (Å²) in [7, 11) is 0. The predicted octanol–water partition coefficient (Wildman–Crippen LogP) is 1.13. The SMILES string of the molecule is CC(=O)NC(C)(C)/C(N)=N\OCC(=O)N[C@H](C)[C@H]1C[C@H]2CC[C@H]1C2. The first-order valence-corrected chi connectivity index (χ1v) is 8.73. The van der Waals surface area contributed by atoms with Crippen molar-refractivity contribution in [3.8, 4) is 0 Å². The Hall–Kier alpha value is -1.79. The lowest BCUT2D eigenvalue weighted by molar-refractivity contribution is -0.127. The molecule has 2 bridgehead atoms. The number of nitrogens with two attached hydrogens (primary N) is 1. The summed E-state index contributed by atoms with van der Waals surface area (Å²) >= 11 is 0. The number of amides is 2. The molecular weight excluding hydrogens is 308 g/mol. The summed E-state index contributed by atoms with van der Waals surface area (Å²) in [5.74, 6) is 1.91. The van der Waals surface area contributed by atoms with Crippen molar-refractivity contribution in [1.82, 2.24) is 10.6 Å². The maximum atomic E-state index is 12.0. The van der Waals surface area contributed by atoms with Gasteiger partial charge in [-0.25, -0.2) is 0 Å². The second kappa shape index (κ2) is 7.40. The average molecular weight is 338 g/mol. The van der Waals surface area contributed by atoms with Gasteiger partial charge in [0.1, 0.15) is 0 Å². The molecule has 24 heavy (non-hydrogen) atoms. The molecule has 4 N–H and O–H groups in total. The number of nitrogens with zero attached hydrogens (tertiary/aromatic N) is 1. The van der Waals surface area contributed by atoms with Gasteiger partial charge in [-0.3, -0.25) is 9.59 Å². The Kier molecular flexibility index (Phi) is 5.72. The molecule has 2 fully saturated rings. The molecule has 7 heteroatoms. The van der Waals surface area contributed by atoms with Crippen molar-refractivity contribution in [3.05, 3.63) is 0 Å². The van der Waals surface area contributed by atoms with Crippen LogP contribution < -0.4 is 16.4 Å². The summed E-state index contributed by atoms with van der Waals surface area (Å²) in [5, 5.41) is 9.42. The average Bonchev–Trinajstić information content (AvgIpc) is 3.08. The van der Waals surface area contributed by atoms with Crippen LogP contribution >= 0.6 is 0 Å². The summed E-state index contributed by atoms with van der Waals surface area (Å²) in [6.45, 7) is 6.73. The predicted molar refractivity (Wildman–Crippen MR) is 92.0 cm³/mol. The van der Waals surface area contributed by atoms with Crippen molar-refractivity contribution < 1.29 is 14.4 Å². The highest BCUT2D eigenvalue weighted by Gasteiger charge is 2.42. The molecule has 0 unspecified atom stereocenters. The summed E-state index contributed by atoms with van der Waals surface area (Å²) in [4.78, 5) is 28.2. The van der Waals surface area contributed by atoms with Crippen LogP contribution in [-0.4, -0.2) is 35.8 Å². The van der Waals surface area contributed by atoms with Gasteiger partial charge in [0, 0.05) is 13.0 Å². The van der Waals surface area contributed by atoms with Gasteiger partial charge in [-0.1, -0.05) is 11.6 Å². The van der Waals surface area contributed by atoms with Gasteiger partial charge in [0.2, 0.25) is 5.91 Å². The zero-order chi connectivity index (χ0) is 17.9. The van der Waals surface area contributed by atoms with Crippen molar-refractivity contribution in [2.75, 3.05) is 6.61 Å². The largest absolute Gasteiger partial charge is 0.384 e. The molecule has 136 valence electrons. The Morgan fingerprint density at radius 3 is 2.58 bits per heavy atom. The smallest absolute Gasteiger partial charge is 0.260 e. The molecule has 2 aliphatic carbocycles. The lowest BCUT2D eigenvalue weighted by atomic mass is 9.84. The Morgan fingerprint density at radius 2 is 2.04 bits per heavy atom. The fraction of sp³-hybridized carbons (Fsp3) is 0.824. The highest BCUT2D eigenvalue weighted by molar-refractivity contribution is 5.92. The summed E-state index contributed by atoms with van der Waals surface area (Å²) in [6, 6.07) is 0.161. The molecular formula is C17H30N4O3. The van der Waals surface area contributed by atoms with Crippen LogP contribution in [0.4, 0.5) is 0 Å². The Bertz CT molecular complexity index is 518. The van der Waals surface area contributed by atoms with E-state index in [1.165, 1.54) is 32.6 Å². The van der Waals surface area contributed by atoms with Gasteiger partial charge in [0.05, 0.1) is 5.54 Å². The molecule has 4 atom stereocenters. The molecule has 2 saturated carbocycles. The molecule has 0 spiro atoms. The zero-order valence-electron chi connectivity index (χ0n) is 15.1. The summed E-state index contributed by atoms with van der Waals surface area (Å²) in [5.41, 5.74) is 4.99. The molecule has 0 aliphatic heterocycles. The van der Waals surface area contributed by atoms with Crippen LogP contribution in [0.15, 0.2) is 5.16 Å². The molecule has 0 aromatic carbocycles. The summed E-state index contributed by atoms with van der Waals surface area (Å²) in [6.07, 6.45) is 5.19. The third-order valence-corrected chi connectivity index (χ3v) is 5.31. The Morgan fingerprint density at radius 1 is 1.33 bits per heavy atom.